The van der Waals surface area contributed by atoms with Crippen LogP contribution in [0.5, 0.6) is 11.5 Å². The summed E-state index contributed by atoms with van der Waals surface area (Å²) in [6.07, 6.45) is 0.823. The minimum atomic E-state index is -0.417. The van der Waals surface area contributed by atoms with Gasteiger partial charge < -0.3 is 20.1 Å². The number of hydrogen-bond acceptors (Lipinski definition) is 5. The van der Waals surface area contributed by atoms with E-state index in [1.54, 1.807) is 0 Å². The van der Waals surface area contributed by atoms with Crippen LogP contribution >= 0.6 is 11.8 Å². The zero-order valence-corrected chi connectivity index (χ0v) is 17.5. The van der Waals surface area contributed by atoms with E-state index in [4.69, 9.17) is 9.47 Å². The first-order chi connectivity index (χ1) is 14.1. The summed E-state index contributed by atoms with van der Waals surface area (Å²) in [6.45, 7) is 5.49. The fraction of sp³-hybridized carbons (Fsp3) is 0.364. The number of carbonyl (C=O) groups is 2. The molecule has 1 aliphatic rings. The molecule has 2 aromatic rings. The van der Waals surface area contributed by atoms with Crippen molar-refractivity contribution < 1.29 is 19.1 Å². The van der Waals surface area contributed by atoms with E-state index in [0.29, 0.717) is 31.9 Å². The van der Waals surface area contributed by atoms with Crippen molar-refractivity contribution in [1.82, 2.24) is 5.32 Å². The Hall–Kier alpha value is -2.67. The summed E-state index contributed by atoms with van der Waals surface area (Å²) in [7, 11) is 0. The molecule has 2 N–H and O–H groups in total. The number of benzene rings is 2. The Morgan fingerprint density at radius 1 is 1.10 bits per heavy atom. The van der Waals surface area contributed by atoms with Crippen LogP contribution in [-0.2, 0) is 16.0 Å². The van der Waals surface area contributed by atoms with E-state index in [0.717, 1.165) is 21.9 Å². The van der Waals surface area contributed by atoms with Crippen LogP contribution in [0.3, 0.4) is 0 Å². The maximum atomic E-state index is 12.3. The number of carbonyl (C=O) groups excluding carboxylic acids is 2. The highest BCUT2D eigenvalue weighted by Crippen LogP contribution is 2.36. The van der Waals surface area contributed by atoms with Crippen molar-refractivity contribution >= 4 is 29.3 Å². The Morgan fingerprint density at radius 2 is 1.86 bits per heavy atom. The van der Waals surface area contributed by atoms with Crippen LogP contribution in [-0.4, -0.2) is 36.8 Å². The number of fused-ring (bicyclic) bond motifs is 1. The van der Waals surface area contributed by atoms with Gasteiger partial charge >= 0.3 is 0 Å². The van der Waals surface area contributed by atoms with E-state index in [2.05, 4.69) is 10.6 Å². The van der Waals surface area contributed by atoms with Crippen LogP contribution in [0.15, 0.2) is 47.4 Å². The van der Waals surface area contributed by atoms with Gasteiger partial charge in [-0.3, -0.25) is 9.59 Å². The van der Waals surface area contributed by atoms with Crippen LogP contribution in [0, 0.1) is 0 Å². The molecule has 2 amide bonds. The molecule has 154 valence electrons. The number of thioether (sulfide) groups is 1. The van der Waals surface area contributed by atoms with Gasteiger partial charge in [0, 0.05) is 17.9 Å². The number of rotatable bonds is 9. The summed E-state index contributed by atoms with van der Waals surface area (Å²) >= 11 is 1.43. The number of ether oxygens (including phenoxy) is 2. The second kappa shape index (κ2) is 10.2. The maximum Gasteiger partial charge on any atom is 0.238 e. The third kappa shape index (κ3) is 5.67. The lowest BCUT2D eigenvalue weighted by Gasteiger charge is -2.23. The normalized spacial score (nSPS) is 15.2. The maximum absolute atomic E-state index is 12.3. The fourth-order valence-corrected chi connectivity index (χ4v) is 4.18. The van der Waals surface area contributed by atoms with Crippen molar-refractivity contribution in [1.29, 1.82) is 0 Å². The highest BCUT2D eigenvalue weighted by molar-refractivity contribution is 8.01. The Kier molecular flexibility index (Phi) is 7.41. The topological polar surface area (TPSA) is 76.7 Å². The molecule has 0 bridgehead atoms. The first-order valence-corrected chi connectivity index (χ1v) is 10.7. The van der Waals surface area contributed by atoms with E-state index >= 15 is 0 Å². The molecule has 0 saturated heterocycles. The standard InChI is InChI=1S/C22H26N2O4S/c1-3-27-17-10-9-15(13-18(17)28-4-2)11-12-23-21(25)14-20-22(26)24-16-7-5-6-8-19(16)29-20/h5-10,13,20H,3-4,11-12,14H2,1-2H3,(H,23,25)(H,24,26)/t20-/m0/s1. The summed E-state index contributed by atoms with van der Waals surface area (Å²) in [4.78, 5) is 25.5. The molecule has 0 unspecified atom stereocenters. The zero-order valence-electron chi connectivity index (χ0n) is 16.7. The average Bonchev–Trinajstić information content (AvgIpc) is 2.71. The fourth-order valence-electron chi connectivity index (χ4n) is 3.06. The Balaban J connectivity index is 1.50. The van der Waals surface area contributed by atoms with Gasteiger partial charge in [0.25, 0.3) is 0 Å². The van der Waals surface area contributed by atoms with Crippen LogP contribution < -0.4 is 20.1 Å². The van der Waals surface area contributed by atoms with Crippen molar-refractivity contribution in [2.45, 2.75) is 36.8 Å². The molecule has 1 heterocycles. The molecule has 0 fully saturated rings. The van der Waals surface area contributed by atoms with Crippen LogP contribution in [0.4, 0.5) is 5.69 Å². The Morgan fingerprint density at radius 3 is 2.66 bits per heavy atom. The lowest BCUT2D eigenvalue weighted by molar-refractivity contribution is -0.124. The van der Waals surface area contributed by atoms with Crippen molar-refractivity contribution in [2.24, 2.45) is 0 Å². The van der Waals surface area contributed by atoms with Crippen molar-refractivity contribution in [3.8, 4) is 11.5 Å². The molecule has 2 aromatic carbocycles. The minimum Gasteiger partial charge on any atom is -0.490 e. The van der Waals surface area contributed by atoms with Gasteiger partial charge in [-0.1, -0.05) is 18.2 Å². The third-order valence-corrected chi connectivity index (χ3v) is 5.70. The van der Waals surface area contributed by atoms with E-state index < -0.39 is 5.25 Å². The van der Waals surface area contributed by atoms with Crippen molar-refractivity contribution in [3.05, 3.63) is 48.0 Å². The highest BCUT2D eigenvalue weighted by Gasteiger charge is 2.28. The molecule has 7 heteroatoms. The number of para-hydroxylation sites is 1. The Bertz CT molecular complexity index is 872. The minimum absolute atomic E-state index is 0.128. The molecule has 0 spiro atoms. The predicted octanol–water partition coefficient (Wildman–Crippen LogP) is 3.65. The molecule has 3 rings (SSSR count). The summed E-state index contributed by atoms with van der Waals surface area (Å²) in [5, 5.41) is 5.36. The molecule has 29 heavy (non-hydrogen) atoms. The summed E-state index contributed by atoms with van der Waals surface area (Å²) in [6, 6.07) is 13.4. The van der Waals surface area contributed by atoms with Crippen LogP contribution in [0.2, 0.25) is 0 Å². The Labute approximate surface area is 175 Å². The first kappa shape index (κ1) is 21.0. The number of anilines is 1. The van der Waals surface area contributed by atoms with Gasteiger partial charge in [-0.15, -0.1) is 11.8 Å². The molecular formula is C22H26N2O4S. The van der Waals surface area contributed by atoms with E-state index in [1.807, 2.05) is 56.3 Å². The van der Waals surface area contributed by atoms with Crippen molar-refractivity contribution in [3.63, 3.8) is 0 Å². The van der Waals surface area contributed by atoms with Crippen LogP contribution in [0.1, 0.15) is 25.8 Å². The zero-order chi connectivity index (χ0) is 20.6. The molecule has 6 nitrogen and oxygen atoms in total. The molecular weight excluding hydrogens is 388 g/mol. The SMILES string of the molecule is CCOc1ccc(CCNC(=O)C[C@@H]2Sc3ccccc3NC2=O)cc1OCC. The highest BCUT2D eigenvalue weighted by atomic mass is 32.2. The van der Waals surface area contributed by atoms with Crippen molar-refractivity contribution in [2.75, 3.05) is 25.1 Å². The van der Waals surface area contributed by atoms with Gasteiger partial charge in [-0.25, -0.2) is 0 Å². The van der Waals surface area contributed by atoms with Gasteiger partial charge in [-0.2, -0.15) is 0 Å². The molecule has 0 aromatic heterocycles. The quantitative estimate of drug-likeness (QED) is 0.655. The predicted molar refractivity (Wildman–Crippen MR) is 115 cm³/mol. The van der Waals surface area contributed by atoms with E-state index in [-0.39, 0.29) is 18.2 Å². The molecule has 1 atom stereocenters. The van der Waals surface area contributed by atoms with Crippen LogP contribution in [0.25, 0.3) is 0 Å². The van der Waals surface area contributed by atoms with Gasteiger partial charge in [0.05, 0.1) is 24.2 Å². The van der Waals surface area contributed by atoms with E-state index in [9.17, 15) is 9.59 Å². The van der Waals surface area contributed by atoms with Gasteiger partial charge in [0.1, 0.15) is 0 Å². The lowest BCUT2D eigenvalue weighted by Crippen LogP contribution is -2.35. The number of hydrogen-bond donors (Lipinski definition) is 2. The molecule has 0 saturated carbocycles. The second-order valence-electron chi connectivity index (χ2n) is 6.54. The first-order valence-electron chi connectivity index (χ1n) is 9.82. The molecule has 0 radical (unpaired) electrons. The summed E-state index contributed by atoms with van der Waals surface area (Å²) in [5.74, 6) is 1.18. The average molecular weight is 415 g/mol. The monoisotopic (exact) mass is 414 g/mol. The summed E-state index contributed by atoms with van der Waals surface area (Å²) < 4.78 is 11.2. The van der Waals surface area contributed by atoms with E-state index in [1.165, 1.54) is 11.8 Å². The molecule has 1 aliphatic heterocycles. The lowest BCUT2D eigenvalue weighted by atomic mass is 10.1. The second-order valence-corrected chi connectivity index (χ2v) is 7.79. The number of nitrogens with one attached hydrogen (secondary N) is 2. The van der Waals surface area contributed by atoms with Gasteiger partial charge in [-0.05, 0) is 50.1 Å². The van der Waals surface area contributed by atoms with Gasteiger partial charge in [0.15, 0.2) is 11.5 Å². The van der Waals surface area contributed by atoms with Gasteiger partial charge in [0.2, 0.25) is 11.8 Å². The molecule has 0 aliphatic carbocycles. The number of amides is 2. The smallest absolute Gasteiger partial charge is 0.238 e. The largest absolute Gasteiger partial charge is 0.490 e. The third-order valence-electron chi connectivity index (χ3n) is 4.42. The summed E-state index contributed by atoms with van der Waals surface area (Å²) in [5.41, 5.74) is 1.86.